The Balaban J connectivity index is 1.63. The maximum atomic E-state index is 13.4. The van der Waals surface area contributed by atoms with E-state index in [9.17, 15) is 19.7 Å². The first kappa shape index (κ1) is 24.5. The van der Waals surface area contributed by atoms with Crippen molar-refractivity contribution in [2.75, 3.05) is 0 Å². The summed E-state index contributed by atoms with van der Waals surface area (Å²) in [5, 5.41) is 16.8. The Kier molecular flexibility index (Phi) is 6.75. The first-order valence-electron chi connectivity index (χ1n) is 11.3. The van der Waals surface area contributed by atoms with Crippen molar-refractivity contribution in [3.05, 3.63) is 134 Å². The van der Waals surface area contributed by atoms with E-state index in [1.807, 2.05) is 6.07 Å². The maximum absolute atomic E-state index is 13.4. The van der Waals surface area contributed by atoms with Gasteiger partial charge >= 0.3 is 11.7 Å². The second kappa shape index (κ2) is 10.5. The number of fused-ring (bicyclic) bond motifs is 1. The number of ether oxygens (including phenoxy) is 1. The molecule has 0 aliphatic carbocycles. The van der Waals surface area contributed by atoms with Gasteiger partial charge in [0.05, 0.1) is 27.6 Å². The van der Waals surface area contributed by atoms with Crippen molar-refractivity contribution in [3.8, 4) is 17.1 Å². The normalized spacial score (nSPS) is 11.1. The number of aromatic nitrogens is 2. The molecule has 0 N–H and O–H groups in total. The lowest BCUT2D eigenvalue weighted by Crippen LogP contribution is -2.20. The van der Waals surface area contributed by atoms with Crippen LogP contribution in [0.2, 0.25) is 5.02 Å². The summed E-state index contributed by atoms with van der Waals surface area (Å²) in [5.74, 6) is -0.861. The molecule has 0 saturated carbocycles. The first-order chi connectivity index (χ1) is 18.4. The molecule has 0 aliphatic heterocycles. The van der Waals surface area contributed by atoms with Crippen LogP contribution in [0, 0.1) is 10.1 Å². The highest BCUT2D eigenvalue weighted by Gasteiger charge is 2.22. The highest BCUT2D eigenvalue weighted by molar-refractivity contribution is 6.30. The van der Waals surface area contributed by atoms with Crippen LogP contribution in [0.25, 0.3) is 22.3 Å². The smallest absolute Gasteiger partial charge is 0.343 e. The molecule has 0 aliphatic rings. The Labute approximate surface area is 220 Å². The molecule has 5 rings (SSSR count). The zero-order valence-corrected chi connectivity index (χ0v) is 20.3. The van der Waals surface area contributed by atoms with Crippen LogP contribution in [-0.2, 0) is 0 Å². The Morgan fingerprint density at radius 1 is 0.947 bits per heavy atom. The van der Waals surface area contributed by atoms with Crippen molar-refractivity contribution in [3.63, 3.8) is 0 Å². The van der Waals surface area contributed by atoms with Gasteiger partial charge in [0.25, 0.3) is 5.56 Å². The number of carbonyl (C=O) groups excluding carboxylic acids is 1. The molecular formula is C28H17ClN4O5. The number of hydrogen-bond donors (Lipinski definition) is 0. The van der Waals surface area contributed by atoms with Crippen molar-refractivity contribution in [1.29, 1.82) is 0 Å². The third-order valence-electron chi connectivity index (χ3n) is 5.59. The lowest BCUT2D eigenvalue weighted by Gasteiger charge is -2.10. The molecule has 0 unspecified atom stereocenters. The maximum Gasteiger partial charge on any atom is 0.343 e. The van der Waals surface area contributed by atoms with Crippen LogP contribution in [0.5, 0.6) is 5.75 Å². The van der Waals surface area contributed by atoms with Crippen molar-refractivity contribution >= 4 is 40.4 Å². The molecule has 0 atom stereocenters. The van der Waals surface area contributed by atoms with E-state index in [2.05, 4.69) is 10.1 Å². The van der Waals surface area contributed by atoms with Gasteiger partial charge in [-0.2, -0.15) is 9.78 Å². The van der Waals surface area contributed by atoms with E-state index in [0.717, 1.165) is 4.68 Å². The summed E-state index contributed by atoms with van der Waals surface area (Å²) in [4.78, 5) is 41.9. The molecule has 0 spiro atoms. The minimum absolute atomic E-state index is 0.112. The average molecular weight is 525 g/mol. The second-order valence-corrected chi connectivity index (χ2v) is 8.47. The largest absolute Gasteiger partial charge is 0.415 e. The van der Waals surface area contributed by atoms with Gasteiger partial charge in [0.1, 0.15) is 0 Å². The van der Waals surface area contributed by atoms with E-state index in [4.69, 9.17) is 16.3 Å². The highest BCUT2D eigenvalue weighted by Crippen LogP contribution is 2.31. The van der Waals surface area contributed by atoms with Crippen LogP contribution in [0.3, 0.4) is 0 Å². The quantitative estimate of drug-likeness (QED) is 0.0920. The fourth-order valence-electron chi connectivity index (χ4n) is 3.76. The Morgan fingerprint density at radius 3 is 2.39 bits per heavy atom. The van der Waals surface area contributed by atoms with Crippen LogP contribution in [0.4, 0.5) is 5.69 Å². The number of nitro groups is 1. The van der Waals surface area contributed by atoms with Gasteiger partial charge < -0.3 is 4.74 Å². The van der Waals surface area contributed by atoms with E-state index in [1.165, 1.54) is 48.7 Å². The number of nitrogens with zero attached hydrogens (tertiary/aromatic N) is 4. The monoisotopic (exact) mass is 524 g/mol. The number of para-hydroxylation sites is 2. The number of rotatable bonds is 6. The summed E-state index contributed by atoms with van der Waals surface area (Å²) in [6, 6.07) is 25.9. The fourth-order valence-corrected chi connectivity index (χ4v) is 3.89. The number of halogens is 1. The van der Waals surface area contributed by atoms with E-state index in [0.29, 0.717) is 21.5 Å². The summed E-state index contributed by atoms with van der Waals surface area (Å²) < 4.78 is 6.56. The third-order valence-corrected chi connectivity index (χ3v) is 5.85. The average Bonchev–Trinajstić information content (AvgIpc) is 2.93. The summed E-state index contributed by atoms with van der Waals surface area (Å²) in [6.07, 6.45) is 1.22. The van der Waals surface area contributed by atoms with Gasteiger partial charge in [0.2, 0.25) is 5.75 Å². The Morgan fingerprint density at radius 2 is 1.66 bits per heavy atom. The number of nitro benzene ring substituents is 1. The van der Waals surface area contributed by atoms with Gasteiger partial charge in [-0.05, 0) is 42.5 Å². The summed E-state index contributed by atoms with van der Waals surface area (Å²) >= 11 is 5.88. The van der Waals surface area contributed by atoms with Crippen LogP contribution < -0.4 is 10.3 Å². The molecule has 0 fully saturated rings. The topological polar surface area (TPSA) is 117 Å². The zero-order valence-electron chi connectivity index (χ0n) is 19.5. The predicted octanol–water partition coefficient (Wildman–Crippen LogP) is 5.73. The lowest BCUT2D eigenvalue weighted by atomic mass is 10.1. The molecule has 0 radical (unpaired) electrons. The van der Waals surface area contributed by atoms with Gasteiger partial charge in [-0.3, -0.25) is 14.9 Å². The van der Waals surface area contributed by atoms with Crippen molar-refractivity contribution in [2.45, 2.75) is 0 Å². The number of carbonyl (C=O) groups is 1. The number of benzene rings is 4. The molecule has 1 heterocycles. The summed E-state index contributed by atoms with van der Waals surface area (Å²) in [6.45, 7) is 0. The summed E-state index contributed by atoms with van der Waals surface area (Å²) in [7, 11) is 0. The van der Waals surface area contributed by atoms with E-state index >= 15 is 0 Å². The predicted molar refractivity (Wildman–Crippen MR) is 144 cm³/mol. The fraction of sp³-hybridized carbons (Fsp3) is 0. The first-order valence-corrected chi connectivity index (χ1v) is 11.7. The molecule has 10 heteroatoms. The molecule has 4 aromatic carbocycles. The van der Waals surface area contributed by atoms with Gasteiger partial charge in [0.15, 0.2) is 5.82 Å². The number of hydrogen-bond acceptors (Lipinski definition) is 7. The van der Waals surface area contributed by atoms with Crippen LogP contribution in [0.1, 0.15) is 15.9 Å². The van der Waals surface area contributed by atoms with Gasteiger partial charge in [-0.1, -0.05) is 60.1 Å². The van der Waals surface area contributed by atoms with E-state index in [-0.39, 0.29) is 22.7 Å². The standard InChI is InChI=1S/C28H17ClN4O5/c29-21-15-13-19(14-16-21)28(35)38-25-20(9-6-12-24(25)33(36)37)17-30-32-26(18-7-2-1-3-8-18)31-23-11-5-4-10-22(23)27(32)34/h1-17H. The zero-order chi connectivity index (χ0) is 26.6. The van der Waals surface area contributed by atoms with Crippen molar-refractivity contribution in [2.24, 2.45) is 5.10 Å². The SMILES string of the molecule is O=C(Oc1c(C=Nn2c(-c3ccccc3)nc3ccccc3c2=O)cccc1[N+](=O)[O-])c1ccc(Cl)cc1. The molecule has 1 aromatic heterocycles. The second-order valence-electron chi connectivity index (χ2n) is 8.03. The Bertz CT molecular complexity index is 1770. The van der Waals surface area contributed by atoms with Crippen LogP contribution in [0.15, 0.2) is 107 Å². The molecule has 0 saturated heterocycles. The molecular weight excluding hydrogens is 508 g/mol. The molecule has 0 amide bonds. The van der Waals surface area contributed by atoms with Gasteiger partial charge in [-0.25, -0.2) is 9.78 Å². The van der Waals surface area contributed by atoms with E-state index < -0.39 is 22.1 Å². The van der Waals surface area contributed by atoms with Gasteiger partial charge in [-0.15, -0.1) is 0 Å². The molecule has 38 heavy (non-hydrogen) atoms. The van der Waals surface area contributed by atoms with Crippen LogP contribution >= 0.6 is 11.6 Å². The molecule has 186 valence electrons. The molecule has 5 aromatic rings. The lowest BCUT2D eigenvalue weighted by molar-refractivity contribution is -0.385. The summed E-state index contributed by atoms with van der Waals surface area (Å²) in [5.41, 5.74) is 0.522. The number of esters is 1. The Hall–Kier alpha value is -5.15. The minimum atomic E-state index is -0.819. The van der Waals surface area contributed by atoms with Crippen molar-refractivity contribution < 1.29 is 14.5 Å². The van der Waals surface area contributed by atoms with Gasteiger partial charge in [0, 0.05) is 22.2 Å². The van der Waals surface area contributed by atoms with Crippen molar-refractivity contribution in [1.82, 2.24) is 9.66 Å². The minimum Gasteiger partial charge on any atom is -0.415 e. The third kappa shape index (κ3) is 4.91. The van der Waals surface area contributed by atoms with E-state index in [1.54, 1.807) is 48.5 Å². The molecule has 9 nitrogen and oxygen atoms in total. The highest BCUT2D eigenvalue weighted by atomic mass is 35.5. The van der Waals surface area contributed by atoms with Crippen LogP contribution in [-0.4, -0.2) is 26.8 Å². The molecule has 0 bridgehead atoms.